The van der Waals surface area contributed by atoms with E-state index in [4.69, 9.17) is 0 Å². The first-order valence-corrected chi connectivity index (χ1v) is 9.92. The first kappa shape index (κ1) is 18.9. The molecule has 0 spiro atoms. The van der Waals surface area contributed by atoms with E-state index in [9.17, 15) is 10.2 Å². The van der Waals surface area contributed by atoms with E-state index in [1.807, 2.05) is 6.92 Å². The van der Waals surface area contributed by atoms with Gasteiger partial charge in [0.05, 0.1) is 24.3 Å². The summed E-state index contributed by atoms with van der Waals surface area (Å²) in [6.07, 6.45) is 1.89. The van der Waals surface area contributed by atoms with E-state index in [0.717, 1.165) is 19.4 Å². The van der Waals surface area contributed by atoms with Crippen molar-refractivity contribution in [1.82, 2.24) is 9.88 Å². The van der Waals surface area contributed by atoms with E-state index in [1.165, 1.54) is 38.1 Å². The Morgan fingerprint density at radius 2 is 1.68 bits per heavy atom. The van der Waals surface area contributed by atoms with Gasteiger partial charge in [-0.05, 0) is 48.7 Å². The van der Waals surface area contributed by atoms with Crippen molar-refractivity contribution in [2.75, 3.05) is 19.8 Å². The van der Waals surface area contributed by atoms with Gasteiger partial charge in [-0.1, -0.05) is 48.5 Å². The highest BCUT2D eigenvalue weighted by Gasteiger charge is 2.21. The van der Waals surface area contributed by atoms with Gasteiger partial charge in [0.2, 0.25) is 0 Å². The number of rotatable bonds is 7. The predicted octanol–water partition coefficient (Wildman–Crippen LogP) is 3.75. The smallest absolute Gasteiger partial charge is 0.0633 e. The van der Waals surface area contributed by atoms with Crippen LogP contribution >= 0.6 is 0 Å². The molecule has 0 radical (unpaired) electrons. The Hall–Kier alpha value is -2.40. The number of aromatic nitrogens is 1. The first-order valence-electron chi connectivity index (χ1n) is 9.92. The summed E-state index contributed by atoms with van der Waals surface area (Å²) in [6.45, 7) is 2.44. The zero-order chi connectivity index (χ0) is 19.7. The molecule has 146 valence electrons. The molecule has 0 unspecified atom stereocenters. The molecule has 0 saturated carbocycles. The van der Waals surface area contributed by atoms with Crippen molar-refractivity contribution in [2.24, 2.45) is 7.05 Å². The maximum absolute atomic E-state index is 9.42. The lowest BCUT2D eigenvalue weighted by molar-refractivity contribution is 0.104. The van der Waals surface area contributed by atoms with E-state index in [1.54, 1.807) is 0 Å². The SMILES string of the molecule is Cn1c2ccc3ccccc3c2c2cccc(CCCNC(C)(CO)CO)c21. The van der Waals surface area contributed by atoms with Crippen LogP contribution < -0.4 is 5.32 Å². The minimum Gasteiger partial charge on any atom is -0.394 e. The summed E-state index contributed by atoms with van der Waals surface area (Å²) in [4.78, 5) is 0. The van der Waals surface area contributed by atoms with Crippen molar-refractivity contribution in [3.8, 4) is 0 Å². The lowest BCUT2D eigenvalue weighted by Gasteiger charge is -2.26. The fraction of sp³-hybridized carbons (Fsp3) is 0.333. The average Bonchev–Trinajstić information content (AvgIpc) is 3.04. The van der Waals surface area contributed by atoms with Crippen LogP contribution in [0.15, 0.2) is 54.6 Å². The van der Waals surface area contributed by atoms with Gasteiger partial charge >= 0.3 is 0 Å². The highest BCUT2D eigenvalue weighted by Crippen LogP contribution is 2.35. The Morgan fingerprint density at radius 1 is 0.929 bits per heavy atom. The summed E-state index contributed by atoms with van der Waals surface area (Å²) in [5, 5.41) is 27.3. The van der Waals surface area contributed by atoms with Crippen molar-refractivity contribution >= 4 is 32.6 Å². The van der Waals surface area contributed by atoms with Gasteiger partial charge in [-0.3, -0.25) is 0 Å². The van der Waals surface area contributed by atoms with Crippen molar-refractivity contribution < 1.29 is 10.2 Å². The van der Waals surface area contributed by atoms with E-state index >= 15 is 0 Å². The highest BCUT2D eigenvalue weighted by atomic mass is 16.3. The fourth-order valence-electron chi connectivity index (χ4n) is 4.16. The molecule has 0 atom stereocenters. The van der Waals surface area contributed by atoms with Gasteiger partial charge in [0, 0.05) is 23.3 Å². The number of aliphatic hydroxyl groups excluding tert-OH is 2. The topological polar surface area (TPSA) is 57.4 Å². The third-order valence-corrected chi connectivity index (χ3v) is 5.87. The minimum atomic E-state index is -0.620. The lowest BCUT2D eigenvalue weighted by atomic mass is 10.0. The molecular formula is C24H28N2O2. The van der Waals surface area contributed by atoms with Crippen LogP contribution in [0.5, 0.6) is 0 Å². The second kappa shape index (κ2) is 7.55. The lowest BCUT2D eigenvalue weighted by Crippen LogP contribution is -2.49. The van der Waals surface area contributed by atoms with Crippen LogP contribution in [0.4, 0.5) is 0 Å². The number of aryl methyl sites for hydroxylation is 2. The van der Waals surface area contributed by atoms with Gasteiger partial charge in [-0.2, -0.15) is 0 Å². The molecule has 4 nitrogen and oxygen atoms in total. The second-order valence-electron chi connectivity index (χ2n) is 7.96. The molecule has 1 heterocycles. The summed E-state index contributed by atoms with van der Waals surface area (Å²) < 4.78 is 2.31. The van der Waals surface area contributed by atoms with Gasteiger partial charge in [-0.15, -0.1) is 0 Å². The van der Waals surface area contributed by atoms with Crippen molar-refractivity contribution in [3.05, 3.63) is 60.2 Å². The van der Waals surface area contributed by atoms with Crippen LogP contribution in [0.3, 0.4) is 0 Å². The number of fused-ring (bicyclic) bond motifs is 5. The average molecular weight is 377 g/mol. The molecule has 0 aliphatic rings. The normalized spacial score (nSPS) is 12.4. The van der Waals surface area contributed by atoms with Crippen molar-refractivity contribution in [3.63, 3.8) is 0 Å². The van der Waals surface area contributed by atoms with Crippen LogP contribution in [0.2, 0.25) is 0 Å². The molecule has 0 aliphatic carbocycles. The van der Waals surface area contributed by atoms with Gasteiger partial charge in [0.15, 0.2) is 0 Å². The molecule has 3 N–H and O–H groups in total. The van der Waals surface area contributed by atoms with Crippen molar-refractivity contribution in [2.45, 2.75) is 25.3 Å². The number of hydrogen-bond acceptors (Lipinski definition) is 3. The van der Waals surface area contributed by atoms with Crippen LogP contribution in [0, 0.1) is 0 Å². The zero-order valence-electron chi connectivity index (χ0n) is 16.6. The molecular weight excluding hydrogens is 348 g/mol. The standard InChI is InChI=1S/C24H28N2O2/c1-24(15-27,16-28)25-14-6-9-18-8-5-11-20-22-19-10-4-3-7-17(19)12-13-21(22)26(2)23(18)20/h3-5,7-8,10-13,25,27-28H,6,9,14-16H2,1-2H3. The number of aliphatic hydroxyl groups is 2. The maximum Gasteiger partial charge on any atom is 0.0633 e. The molecule has 0 fully saturated rings. The Kier molecular flexibility index (Phi) is 5.11. The van der Waals surface area contributed by atoms with Gasteiger partial charge in [-0.25, -0.2) is 0 Å². The molecule has 0 saturated heterocycles. The summed E-state index contributed by atoms with van der Waals surface area (Å²) in [5.74, 6) is 0. The summed E-state index contributed by atoms with van der Waals surface area (Å²) in [6, 6.07) is 19.6. The summed E-state index contributed by atoms with van der Waals surface area (Å²) in [5.41, 5.74) is 3.26. The monoisotopic (exact) mass is 376 g/mol. The molecule has 1 aromatic heterocycles. The number of nitrogens with zero attached hydrogens (tertiary/aromatic N) is 1. The first-order chi connectivity index (χ1) is 13.6. The van der Waals surface area contributed by atoms with Gasteiger partial charge in [0.25, 0.3) is 0 Å². The molecule has 3 aromatic carbocycles. The van der Waals surface area contributed by atoms with Crippen LogP contribution in [-0.4, -0.2) is 40.1 Å². The molecule has 4 rings (SSSR count). The third-order valence-electron chi connectivity index (χ3n) is 5.87. The van der Waals surface area contributed by atoms with E-state index in [-0.39, 0.29) is 13.2 Å². The van der Waals surface area contributed by atoms with Gasteiger partial charge in [0.1, 0.15) is 0 Å². The second-order valence-corrected chi connectivity index (χ2v) is 7.96. The van der Waals surface area contributed by atoms with Crippen molar-refractivity contribution in [1.29, 1.82) is 0 Å². The third kappa shape index (κ3) is 3.18. The van der Waals surface area contributed by atoms with E-state index < -0.39 is 5.54 Å². The van der Waals surface area contributed by atoms with Gasteiger partial charge < -0.3 is 20.1 Å². The Labute approximate surface area is 165 Å². The molecule has 4 heteroatoms. The maximum atomic E-state index is 9.42. The predicted molar refractivity (Wildman–Crippen MR) is 117 cm³/mol. The van der Waals surface area contributed by atoms with E-state index in [0.29, 0.717) is 0 Å². The number of para-hydroxylation sites is 1. The summed E-state index contributed by atoms with van der Waals surface area (Å²) in [7, 11) is 2.15. The Morgan fingerprint density at radius 3 is 2.46 bits per heavy atom. The van der Waals surface area contributed by atoms with Crippen LogP contribution in [0.1, 0.15) is 18.9 Å². The molecule has 0 aliphatic heterocycles. The number of hydrogen-bond donors (Lipinski definition) is 3. The summed E-state index contributed by atoms with van der Waals surface area (Å²) >= 11 is 0. The molecule has 28 heavy (non-hydrogen) atoms. The largest absolute Gasteiger partial charge is 0.394 e. The minimum absolute atomic E-state index is 0.0741. The molecule has 0 bridgehead atoms. The zero-order valence-corrected chi connectivity index (χ0v) is 16.6. The Balaban J connectivity index is 1.70. The number of benzene rings is 3. The molecule has 4 aromatic rings. The van der Waals surface area contributed by atoms with Crippen LogP contribution in [-0.2, 0) is 13.5 Å². The molecule has 0 amide bonds. The van der Waals surface area contributed by atoms with Crippen LogP contribution in [0.25, 0.3) is 32.6 Å². The number of nitrogens with one attached hydrogen (secondary N) is 1. The Bertz CT molecular complexity index is 1130. The highest BCUT2D eigenvalue weighted by molar-refractivity contribution is 6.21. The van der Waals surface area contributed by atoms with E-state index in [2.05, 4.69) is 71.5 Å². The fourth-order valence-corrected chi connectivity index (χ4v) is 4.16. The quantitative estimate of drug-likeness (QED) is 0.431.